The third-order valence-electron chi connectivity index (χ3n) is 3.61. The number of hydrogen-bond donors (Lipinski definition) is 1. The minimum atomic E-state index is 0.240. The molecule has 112 valence electrons. The number of benzene rings is 1. The SMILES string of the molecule is CCCNC(c1cc(C)cc(C)c1)c1cc(C)nc(C)c1. The zero-order chi connectivity index (χ0) is 15.4. The molecule has 0 saturated carbocycles. The maximum atomic E-state index is 4.50. The van der Waals surface area contributed by atoms with Crippen LogP contribution in [-0.4, -0.2) is 11.5 Å². The first kappa shape index (κ1) is 15.7. The molecule has 0 spiro atoms. The molecule has 1 N–H and O–H groups in total. The van der Waals surface area contributed by atoms with E-state index in [1.807, 2.05) is 0 Å². The molecule has 0 bridgehead atoms. The van der Waals surface area contributed by atoms with Gasteiger partial charge in [-0.2, -0.15) is 0 Å². The second-order valence-electron chi connectivity index (χ2n) is 5.99. The highest BCUT2D eigenvalue weighted by atomic mass is 14.9. The normalized spacial score (nSPS) is 12.4. The Labute approximate surface area is 128 Å². The summed E-state index contributed by atoms with van der Waals surface area (Å²) in [6.07, 6.45) is 1.13. The van der Waals surface area contributed by atoms with Crippen molar-refractivity contribution in [3.8, 4) is 0 Å². The highest BCUT2D eigenvalue weighted by molar-refractivity contribution is 5.37. The van der Waals surface area contributed by atoms with Crippen molar-refractivity contribution in [2.24, 2.45) is 0 Å². The van der Waals surface area contributed by atoms with E-state index in [4.69, 9.17) is 0 Å². The molecular weight excluding hydrogens is 256 g/mol. The van der Waals surface area contributed by atoms with Crippen LogP contribution in [-0.2, 0) is 0 Å². The summed E-state index contributed by atoms with van der Waals surface area (Å²) in [5.41, 5.74) is 7.44. The van der Waals surface area contributed by atoms with E-state index in [9.17, 15) is 0 Å². The van der Waals surface area contributed by atoms with Gasteiger partial charge in [-0.3, -0.25) is 4.98 Å². The van der Waals surface area contributed by atoms with Crippen molar-refractivity contribution in [1.82, 2.24) is 10.3 Å². The molecule has 21 heavy (non-hydrogen) atoms. The van der Waals surface area contributed by atoms with Gasteiger partial charge in [0.15, 0.2) is 0 Å². The smallest absolute Gasteiger partial charge is 0.0578 e. The van der Waals surface area contributed by atoms with Crippen LogP contribution in [0.5, 0.6) is 0 Å². The number of aryl methyl sites for hydroxylation is 4. The van der Waals surface area contributed by atoms with Gasteiger partial charge in [-0.05, 0) is 63.9 Å². The molecule has 0 fully saturated rings. The Morgan fingerprint density at radius 3 is 1.90 bits per heavy atom. The first-order valence-electron chi connectivity index (χ1n) is 7.76. The predicted octanol–water partition coefficient (Wildman–Crippen LogP) is 4.40. The molecule has 2 heteroatoms. The van der Waals surface area contributed by atoms with Gasteiger partial charge in [-0.15, -0.1) is 0 Å². The van der Waals surface area contributed by atoms with E-state index in [1.54, 1.807) is 0 Å². The fraction of sp³-hybridized carbons (Fsp3) is 0.421. The molecule has 1 atom stereocenters. The maximum absolute atomic E-state index is 4.50. The number of rotatable bonds is 5. The summed E-state index contributed by atoms with van der Waals surface area (Å²) in [6, 6.07) is 11.4. The van der Waals surface area contributed by atoms with Crippen LogP contribution in [0.3, 0.4) is 0 Å². The van der Waals surface area contributed by atoms with Crippen molar-refractivity contribution in [2.45, 2.75) is 47.1 Å². The average molecular weight is 282 g/mol. The van der Waals surface area contributed by atoms with Crippen LogP contribution in [0, 0.1) is 27.7 Å². The zero-order valence-electron chi connectivity index (χ0n) is 13.8. The lowest BCUT2D eigenvalue weighted by Crippen LogP contribution is -2.23. The Balaban J connectivity index is 2.46. The molecule has 0 aliphatic carbocycles. The Bertz CT molecular complexity index is 525. The van der Waals surface area contributed by atoms with Crippen molar-refractivity contribution in [3.63, 3.8) is 0 Å². The van der Waals surface area contributed by atoms with Crippen molar-refractivity contribution in [3.05, 3.63) is 64.0 Å². The van der Waals surface area contributed by atoms with Gasteiger partial charge in [0.05, 0.1) is 6.04 Å². The molecule has 1 aromatic carbocycles. The minimum absolute atomic E-state index is 0.240. The van der Waals surface area contributed by atoms with Gasteiger partial charge < -0.3 is 5.32 Å². The third-order valence-corrected chi connectivity index (χ3v) is 3.61. The van der Waals surface area contributed by atoms with Crippen molar-refractivity contribution in [1.29, 1.82) is 0 Å². The molecule has 2 aromatic rings. The van der Waals surface area contributed by atoms with E-state index >= 15 is 0 Å². The summed E-state index contributed by atoms with van der Waals surface area (Å²) in [7, 11) is 0. The number of pyridine rings is 1. The van der Waals surface area contributed by atoms with Crippen molar-refractivity contribution in [2.75, 3.05) is 6.54 Å². The summed E-state index contributed by atoms with van der Waals surface area (Å²) in [5.74, 6) is 0. The van der Waals surface area contributed by atoms with Crippen LogP contribution in [0.4, 0.5) is 0 Å². The molecule has 0 aliphatic heterocycles. The van der Waals surface area contributed by atoms with Gasteiger partial charge in [-0.1, -0.05) is 36.2 Å². The number of nitrogens with zero attached hydrogens (tertiary/aromatic N) is 1. The van der Waals surface area contributed by atoms with Crippen LogP contribution in [0.15, 0.2) is 30.3 Å². The van der Waals surface area contributed by atoms with E-state index in [0.29, 0.717) is 0 Å². The molecule has 1 heterocycles. The lowest BCUT2D eigenvalue weighted by Gasteiger charge is -2.21. The molecule has 0 aliphatic rings. The Morgan fingerprint density at radius 1 is 0.857 bits per heavy atom. The zero-order valence-corrected chi connectivity index (χ0v) is 13.8. The first-order chi connectivity index (χ1) is 9.99. The largest absolute Gasteiger partial charge is 0.306 e. The van der Waals surface area contributed by atoms with Crippen LogP contribution >= 0.6 is 0 Å². The summed E-state index contributed by atoms with van der Waals surface area (Å²) in [5, 5.41) is 3.68. The predicted molar refractivity (Wildman–Crippen MR) is 89.8 cm³/mol. The quantitative estimate of drug-likeness (QED) is 0.879. The fourth-order valence-electron chi connectivity index (χ4n) is 2.93. The Morgan fingerprint density at radius 2 is 1.38 bits per heavy atom. The van der Waals surface area contributed by atoms with E-state index < -0.39 is 0 Å². The molecule has 0 radical (unpaired) electrons. The molecule has 0 saturated heterocycles. The van der Waals surface area contributed by atoms with E-state index in [2.05, 4.69) is 75.3 Å². The van der Waals surface area contributed by atoms with Crippen LogP contribution < -0.4 is 5.32 Å². The van der Waals surface area contributed by atoms with Gasteiger partial charge in [0.2, 0.25) is 0 Å². The standard InChI is InChI=1S/C19H26N2/c1-6-7-20-19(17-9-13(2)8-14(3)10-17)18-11-15(4)21-16(5)12-18/h8-12,19-20H,6-7H2,1-5H3. The van der Waals surface area contributed by atoms with E-state index in [1.165, 1.54) is 22.3 Å². The monoisotopic (exact) mass is 282 g/mol. The van der Waals surface area contributed by atoms with Gasteiger partial charge >= 0.3 is 0 Å². The van der Waals surface area contributed by atoms with E-state index in [-0.39, 0.29) is 6.04 Å². The Hall–Kier alpha value is -1.67. The summed E-state index contributed by atoms with van der Waals surface area (Å²) in [4.78, 5) is 4.50. The van der Waals surface area contributed by atoms with Crippen molar-refractivity contribution >= 4 is 0 Å². The summed E-state index contributed by atoms with van der Waals surface area (Å²) in [6.45, 7) is 11.7. The maximum Gasteiger partial charge on any atom is 0.0578 e. The first-order valence-corrected chi connectivity index (χ1v) is 7.76. The third kappa shape index (κ3) is 4.15. The number of hydrogen-bond acceptors (Lipinski definition) is 2. The Kier molecular flexibility index (Phi) is 5.13. The highest BCUT2D eigenvalue weighted by Gasteiger charge is 2.15. The number of aromatic nitrogens is 1. The minimum Gasteiger partial charge on any atom is -0.306 e. The van der Waals surface area contributed by atoms with Crippen LogP contribution in [0.2, 0.25) is 0 Å². The van der Waals surface area contributed by atoms with Crippen LogP contribution in [0.1, 0.15) is 53.0 Å². The molecule has 2 rings (SSSR count). The summed E-state index contributed by atoms with van der Waals surface area (Å²) >= 11 is 0. The second-order valence-corrected chi connectivity index (χ2v) is 5.99. The molecule has 2 nitrogen and oxygen atoms in total. The number of nitrogens with one attached hydrogen (secondary N) is 1. The summed E-state index contributed by atoms with van der Waals surface area (Å²) < 4.78 is 0. The van der Waals surface area contributed by atoms with Gasteiger partial charge in [0.1, 0.15) is 0 Å². The molecule has 0 amide bonds. The topological polar surface area (TPSA) is 24.9 Å². The van der Waals surface area contributed by atoms with Crippen molar-refractivity contribution < 1.29 is 0 Å². The van der Waals surface area contributed by atoms with Gasteiger partial charge in [0, 0.05) is 11.4 Å². The average Bonchev–Trinajstić information content (AvgIpc) is 2.37. The fourth-order valence-corrected chi connectivity index (χ4v) is 2.93. The van der Waals surface area contributed by atoms with Gasteiger partial charge in [-0.25, -0.2) is 0 Å². The molecular formula is C19H26N2. The van der Waals surface area contributed by atoms with Crippen LogP contribution in [0.25, 0.3) is 0 Å². The van der Waals surface area contributed by atoms with E-state index in [0.717, 1.165) is 24.4 Å². The molecule has 1 unspecified atom stereocenters. The lowest BCUT2D eigenvalue weighted by atomic mass is 9.95. The highest BCUT2D eigenvalue weighted by Crippen LogP contribution is 2.25. The second kappa shape index (κ2) is 6.86. The lowest BCUT2D eigenvalue weighted by molar-refractivity contribution is 0.596. The van der Waals surface area contributed by atoms with Gasteiger partial charge in [0.25, 0.3) is 0 Å². The molecule has 1 aromatic heterocycles.